The highest BCUT2D eigenvalue weighted by Crippen LogP contribution is 2.16. The molecule has 1 aromatic carbocycles. The zero-order valence-corrected chi connectivity index (χ0v) is 10.1. The molecule has 88 valence electrons. The second-order valence-corrected chi connectivity index (χ2v) is 4.05. The number of benzene rings is 1. The van der Waals surface area contributed by atoms with Crippen LogP contribution in [0.5, 0.6) is 0 Å². The van der Waals surface area contributed by atoms with E-state index in [9.17, 15) is 4.79 Å². The summed E-state index contributed by atoms with van der Waals surface area (Å²) in [6.45, 7) is 4.72. The van der Waals surface area contributed by atoms with E-state index in [0.717, 1.165) is 5.56 Å². The van der Waals surface area contributed by atoms with E-state index in [0.29, 0.717) is 12.6 Å². The van der Waals surface area contributed by atoms with Gasteiger partial charge in [0.15, 0.2) is 0 Å². The Bertz CT molecular complexity index is 322. The maximum Gasteiger partial charge on any atom is 0.314 e. The van der Waals surface area contributed by atoms with Crippen molar-refractivity contribution in [1.82, 2.24) is 5.32 Å². The van der Waals surface area contributed by atoms with Crippen LogP contribution in [0.2, 0.25) is 0 Å². The van der Waals surface area contributed by atoms with Crippen molar-refractivity contribution < 1.29 is 9.53 Å². The Kier molecular flexibility index (Phi) is 4.99. The molecule has 0 saturated carbocycles. The van der Waals surface area contributed by atoms with E-state index in [1.807, 2.05) is 30.3 Å². The summed E-state index contributed by atoms with van der Waals surface area (Å²) in [5.74, 6) is -0.423. The summed E-state index contributed by atoms with van der Waals surface area (Å²) in [4.78, 5) is 11.7. The minimum atomic E-state index is -0.228. The SMILES string of the molecule is COC(=O)C(CNC(C)C)c1ccccc1. The van der Waals surface area contributed by atoms with Crippen LogP contribution in [0.4, 0.5) is 0 Å². The quantitative estimate of drug-likeness (QED) is 0.772. The van der Waals surface area contributed by atoms with E-state index >= 15 is 0 Å². The lowest BCUT2D eigenvalue weighted by Gasteiger charge is -2.17. The topological polar surface area (TPSA) is 38.3 Å². The highest BCUT2D eigenvalue weighted by Gasteiger charge is 2.20. The Balaban J connectivity index is 2.76. The van der Waals surface area contributed by atoms with Gasteiger partial charge < -0.3 is 10.1 Å². The van der Waals surface area contributed by atoms with Gasteiger partial charge in [0.1, 0.15) is 0 Å². The van der Waals surface area contributed by atoms with Gasteiger partial charge in [0, 0.05) is 12.6 Å². The number of ether oxygens (including phenoxy) is 1. The van der Waals surface area contributed by atoms with E-state index in [1.54, 1.807) is 0 Å². The fraction of sp³-hybridized carbons (Fsp3) is 0.462. The van der Waals surface area contributed by atoms with E-state index in [2.05, 4.69) is 19.2 Å². The number of methoxy groups -OCH3 is 1. The molecule has 0 aliphatic heterocycles. The zero-order valence-electron chi connectivity index (χ0n) is 10.1. The van der Waals surface area contributed by atoms with Gasteiger partial charge in [0.05, 0.1) is 13.0 Å². The lowest BCUT2D eigenvalue weighted by Crippen LogP contribution is -2.32. The molecule has 0 fully saturated rings. The number of hydrogen-bond donors (Lipinski definition) is 1. The molecule has 1 N–H and O–H groups in total. The van der Waals surface area contributed by atoms with Gasteiger partial charge in [-0.2, -0.15) is 0 Å². The predicted octanol–water partition coefficient (Wildman–Crippen LogP) is 1.94. The summed E-state index contributed by atoms with van der Waals surface area (Å²) >= 11 is 0. The van der Waals surface area contributed by atoms with Crippen LogP contribution >= 0.6 is 0 Å². The van der Waals surface area contributed by atoms with Crippen LogP contribution in [0.1, 0.15) is 25.3 Å². The van der Waals surface area contributed by atoms with Gasteiger partial charge in [-0.3, -0.25) is 4.79 Å². The number of carbonyl (C=O) groups is 1. The summed E-state index contributed by atoms with van der Waals surface area (Å²) in [5.41, 5.74) is 0.988. The predicted molar refractivity (Wildman–Crippen MR) is 64.3 cm³/mol. The molecule has 0 bridgehead atoms. The summed E-state index contributed by atoms with van der Waals surface area (Å²) in [6, 6.07) is 10.1. The van der Waals surface area contributed by atoms with E-state index in [-0.39, 0.29) is 11.9 Å². The van der Waals surface area contributed by atoms with Gasteiger partial charge in [0.2, 0.25) is 0 Å². The molecule has 0 aliphatic carbocycles. The Morgan fingerprint density at radius 2 is 1.94 bits per heavy atom. The molecule has 3 nitrogen and oxygen atoms in total. The normalized spacial score (nSPS) is 12.5. The maximum absolute atomic E-state index is 11.7. The third kappa shape index (κ3) is 3.66. The number of esters is 1. The lowest BCUT2D eigenvalue weighted by molar-refractivity contribution is -0.142. The smallest absolute Gasteiger partial charge is 0.314 e. The second-order valence-electron chi connectivity index (χ2n) is 4.05. The average Bonchev–Trinajstić information content (AvgIpc) is 2.30. The largest absolute Gasteiger partial charge is 0.469 e. The van der Waals surface area contributed by atoms with Crippen molar-refractivity contribution in [2.45, 2.75) is 25.8 Å². The van der Waals surface area contributed by atoms with Crippen molar-refractivity contribution in [1.29, 1.82) is 0 Å². The van der Waals surface area contributed by atoms with Crippen molar-refractivity contribution in [3.05, 3.63) is 35.9 Å². The molecule has 0 saturated heterocycles. The van der Waals surface area contributed by atoms with Crippen LogP contribution in [-0.4, -0.2) is 25.7 Å². The molecule has 0 aliphatic rings. The molecule has 16 heavy (non-hydrogen) atoms. The van der Waals surface area contributed by atoms with Gasteiger partial charge in [-0.1, -0.05) is 44.2 Å². The molecule has 3 heteroatoms. The number of carbonyl (C=O) groups excluding carboxylic acids is 1. The van der Waals surface area contributed by atoms with Crippen LogP contribution in [-0.2, 0) is 9.53 Å². The molecule has 1 atom stereocenters. The molecular formula is C13H19NO2. The van der Waals surface area contributed by atoms with Crippen molar-refractivity contribution in [3.8, 4) is 0 Å². The highest BCUT2D eigenvalue weighted by molar-refractivity contribution is 5.78. The number of hydrogen-bond acceptors (Lipinski definition) is 3. The third-order valence-corrected chi connectivity index (χ3v) is 2.42. The molecule has 0 radical (unpaired) electrons. The first-order valence-electron chi connectivity index (χ1n) is 5.51. The fourth-order valence-corrected chi connectivity index (χ4v) is 1.52. The Morgan fingerprint density at radius 1 is 1.31 bits per heavy atom. The monoisotopic (exact) mass is 221 g/mol. The molecule has 0 amide bonds. The summed E-state index contributed by atoms with van der Waals surface area (Å²) < 4.78 is 4.82. The molecule has 1 rings (SSSR count). The number of rotatable bonds is 5. The van der Waals surface area contributed by atoms with Gasteiger partial charge in [-0.15, -0.1) is 0 Å². The average molecular weight is 221 g/mol. The molecule has 1 unspecified atom stereocenters. The first kappa shape index (κ1) is 12.7. The van der Waals surface area contributed by atoms with E-state index in [4.69, 9.17) is 4.74 Å². The van der Waals surface area contributed by atoms with Gasteiger partial charge in [0.25, 0.3) is 0 Å². The minimum Gasteiger partial charge on any atom is -0.469 e. The van der Waals surface area contributed by atoms with Crippen LogP contribution in [0.3, 0.4) is 0 Å². The van der Waals surface area contributed by atoms with Crippen molar-refractivity contribution >= 4 is 5.97 Å². The van der Waals surface area contributed by atoms with Crippen LogP contribution in [0.25, 0.3) is 0 Å². The summed E-state index contributed by atoms with van der Waals surface area (Å²) in [6.07, 6.45) is 0. The van der Waals surface area contributed by atoms with Gasteiger partial charge in [-0.05, 0) is 5.56 Å². The highest BCUT2D eigenvalue weighted by atomic mass is 16.5. The van der Waals surface area contributed by atoms with Crippen molar-refractivity contribution in [3.63, 3.8) is 0 Å². The Morgan fingerprint density at radius 3 is 2.44 bits per heavy atom. The standard InChI is InChI=1S/C13H19NO2/c1-10(2)14-9-12(13(15)16-3)11-7-5-4-6-8-11/h4-8,10,12,14H,9H2,1-3H3. The van der Waals surface area contributed by atoms with Crippen LogP contribution in [0, 0.1) is 0 Å². The molecule has 1 aromatic rings. The maximum atomic E-state index is 11.7. The molecule has 0 aromatic heterocycles. The lowest BCUT2D eigenvalue weighted by atomic mass is 9.99. The van der Waals surface area contributed by atoms with Gasteiger partial charge in [-0.25, -0.2) is 0 Å². The van der Waals surface area contributed by atoms with E-state index < -0.39 is 0 Å². The zero-order chi connectivity index (χ0) is 12.0. The van der Waals surface area contributed by atoms with Crippen LogP contribution in [0.15, 0.2) is 30.3 Å². The summed E-state index contributed by atoms with van der Waals surface area (Å²) in [7, 11) is 1.42. The molecule has 0 heterocycles. The Labute approximate surface area is 96.8 Å². The summed E-state index contributed by atoms with van der Waals surface area (Å²) in [5, 5.41) is 3.26. The molecular weight excluding hydrogens is 202 g/mol. The third-order valence-electron chi connectivity index (χ3n) is 2.42. The van der Waals surface area contributed by atoms with Crippen molar-refractivity contribution in [2.24, 2.45) is 0 Å². The molecule has 0 spiro atoms. The van der Waals surface area contributed by atoms with Crippen molar-refractivity contribution in [2.75, 3.05) is 13.7 Å². The first-order chi connectivity index (χ1) is 7.65. The fourth-order valence-electron chi connectivity index (χ4n) is 1.52. The first-order valence-corrected chi connectivity index (χ1v) is 5.51. The number of nitrogens with one attached hydrogen (secondary N) is 1. The minimum absolute atomic E-state index is 0.195. The second kappa shape index (κ2) is 6.28. The Hall–Kier alpha value is -1.35. The van der Waals surface area contributed by atoms with Crippen LogP contribution < -0.4 is 5.32 Å². The van der Waals surface area contributed by atoms with Gasteiger partial charge >= 0.3 is 5.97 Å². The van der Waals surface area contributed by atoms with E-state index in [1.165, 1.54) is 7.11 Å².